The Labute approximate surface area is 317 Å². The highest BCUT2D eigenvalue weighted by Crippen LogP contribution is 2.46. The summed E-state index contributed by atoms with van der Waals surface area (Å²) in [6.45, 7) is 0. The summed E-state index contributed by atoms with van der Waals surface area (Å²) < 4.78 is 6.36. The Bertz CT molecular complexity index is 3470. The Balaban J connectivity index is 1.08. The van der Waals surface area contributed by atoms with Crippen LogP contribution in [0.15, 0.2) is 199 Å². The third kappa shape index (κ3) is 4.54. The molecule has 0 unspecified atom stereocenters. The normalized spacial score (nSPS) is 12.0. The molecule has 1 nitrogen and oxygen atoms in total. The van der Waals surface area contributed by atoms with Crippen molar-refractivity contribution in [1.29, 1.82) is 0 Å². The molecule has 12 rings (SSSR count). The molecule has 1 heteroatoms. The first kappa shape index (κ1) is 30.3. The topological polar surface area (TPSA) is 13.1 Å². The summed E-state index contributed by atoms with van der Waals surface area (Å²) in [4.78, 5) is 0. The summed E-state index contributed by atoms with van der Waals surface area (Å²) in [5.74, 6) is 0. The molecule has 0 fully saturated rings. The van der Waals surface area contributed by atoms with Crippen molar-refractivity contribution in [2.75, 3.05) is 0 Å². The molecule has 0 bridgehead atoms. The predicted octanol–water partition coefficient (Wildman–Crippen LogP) is 15.5. The summed E-state index contributed by atoms with van der Waals surface area (Å²) >= 11 is 0. The van der Waals surface area contributed by atoms with Crippen LogP contribution in [0.3, 0.4) is 0 Å². The van der Waals surface area contributed by atoms with Crippen LogP contribution >= 0.6 is 0 Å². The van der Waals surface area contributed by atoms with E-state index in [2.05, 4.69) is 188 Å². The van der Waals surface area contributed by atoms with Gasteiger partial charge in [0.05, 0.1) is 0 Å². The summed E-state index contributed by atoms with van der Waals surface area (Å²) in [5, 5.41) is 17.3. The molecule has 254 valence electrons. The van der Waals surface area contributed by atoms with Crippen molar-refractivity contribution in [3.8, 4) is 33.4 Å². The molecule has 1 heterocycles. The summed E-state index contributed by atoms with van der Waals surface area (Å²) in [7, 11) is 0. The Morgan fingerprint density at radius 2 is 0.691 bits per heavy atom. The molecule has 0 atom stereocenters. The fourth-order valence-electron chi connectivity index (χ4n) is 9.28. The second-order valence-electron chi connectivity index (χ2n) is 14.8. The first-order chi connectivity index (χ1) is 27.3. The van der Waals surface area contributed by atoms with Gasteiger partial charge in [0.2, 0.25) is 0 Å². The number of fused-ring (bicyclic) bond motifs is 12. The standard InChI is InChI=1S/C54H32O/c1-2-12-36-29-37(26-23-33(36)11-1)34-21-24-35(25-22-34)53-43-16-5-7-18-45(43)54(46-19-8-6-17-44(46)53)38-27-28-41-47(30-38)39-13-3-4-14-40(39)49-32-52-50(31-48(41)49)42-15-9-10-20-51(42)55-52/h1-32H. The molecule has 0 amide bonds. The lowest BCUT2D eigenvalue weighted by molar-refractivity contribution is 0.669. The largest absolute Gasteiger partial charge is 0.456 e. The Morgan fingerprint density at radius 1 is 0.218 bits per heavy atom. The minimum atomic E-state index is 0.923. The second kappa shape index (κ2) is 11.6. The molecule has 0 aliphatic heterocycles. The molecule has 11 aromatic carbocycles. The van der Waals surface area contributed by atoms with Crippen LogP contribution < -0.4 is 0 Å². The highest BCUT2D eigenvalue weighted by Gasteiger charge is 2.19. The lowest BCUT2D eigenvalue weighted by atomic mass is 9.84. The molecule has 0 N–H and O–H groups in total. The predicted molar refractivity (Wildman–Crippen MR) is 235 cm³/mol. The zero-order chi connectivity index (χ0) is 36.0. The Morgan fingerprint density at radius 3 is 1.38 bits per heavy atom. The van der Waals surface area contributed by atoms with Crippen LogP contribution in [0.4, 0.5) is 0 Å². The van der Waals surface area contributed by atoms with Gasteiger partial charge in [0.15, 0.2) is 0 Å². The fourth-order valence-corrected chi connectivity index (χ4v) is 9.28. The van der Waals surface area contributed by atoms with Gasteiger partial charge in [-0.1, -0.05) is 164 Å². The van der Waals surface area contributed by atoms with Crippen molar-refractivity contribution >= 4 is 86.6 Å². The van der Waals surface area contributed by atoms with Gasteiger partial charge in [-0.2, -0.15) is 0 Å². The van der Waals surface area contributed by atoms with Crippen molar-refractivity contribution < 1.29 is 4.42 Å². The number of para-hydroxylation sites is 1. The maximum atomic E-state index is 6.36. The lowest BCUT2D eigenvalue weighted by Crippen LogP contribution is -1.91. The molecule has 1 aromatic heterocycles. The van der Waals surface area contributed by atoms with Crippen LogP contribution in [0.1, 0.15) is 0 Å². The van der Waals surface area contributed by atoms with E-state index in [1.807, 2.05) is 6.07 Å². The second-order valence-corrected chi connectivity index (χ2v) is 14.8. The monoisotopic (exact) mass is 696 g/mol. The fraction of sp³-hybridized carbons (Fsp3) is 0. The molecule has 0 spiro atoms. The third-order valence-corrected chi connectivity index (χ3v) is 11.8. The summed E-state index contributed by atoms with van der Waals surface area (Å²) in [5.41, 5.74) is 9.28. The molecule has 12 aromatic rings. The van der Waals surface area contributed by atoms with Gasteiger partial charge in [-0.25, -0.2) is 0 Å². The van der Waals surface area contributed by atoms with Crippen LogP contribution in [0.2, 0.25) is 0 Å². The average Bonchev–Trinajstić information content (AvgIpc) is 3.62. The van der Waals surface area contributed by atoms with Gasteiger partial charge in [-0.05, 0) is 128 Å². The smallest absolute Gasteiger partial charge is 0.136 e. The van der Waals surface area contributed by atoms with E-state index >= 15 is 0 Å². The van der Waals surface area contributed by atoms with Crippen LogP contribution in [0.25, 0.3) is 120 Å². The van der Waals surface area contributed by atoms with E-state index in [0.29, 0.717) is 0 Å². The SMILES string of the molecule is c1ccc2cc(-c3ccc(-c4c5ccccc5c(-c5ccc6c(c5)c5ccccc5c5cc7oc8ccccc8c7cc65)c5ccccc45)cc3)ccc2c1. The van der Waals surface area contributed by atoms with E-state index in [1.54, 1.807) is 0 Å². The summed E-state index contributed by atoms with van der Waals surface area (Å²) in [6, 6.07) is 71.2. The van der Waals surface area contributed by atoms with Gasteiger partial charge in [-0.15, -0.1) is 0 Å². The summed E-state index contributed by atoms with van der Waals surface area (Å²) in [6.07, 6.45) is 0. The molecule has 55 heavy (non-hydrogen) atoms. The van der Waals surface area contributed by atoms with Crippen molar-refractivity contribution in [1.82, 2.24) is 0 Å². The van der Waals surface area contributed by atoms with E-state index in [9.17, 15) is 0 Å². The third-order valence-electron chi connectivity index (χ3n) is 11.8. The zero-order valence-electron chi connectivity index (χ0n) is 29.9. The first-order valence-corrected chi connectivity index (χ1v) is 19.0. The molecule has 0 aliphatic rings. The molecular formula is C54H32O. The lowest BCUT2D eigenvalue weighted by Gasteiger charge is -2.19. The minimum Gasteiger partial charge on any atom is -0.456 e. The van der Waals surface area contributed by atoms with Crippen LogP contribution in [-0.4, -0.2) is 0 Å². The van der Waals surface area contributed by atoms with E-state index < -0.39 is 0 Å². The average molecular weight is 697 g/mol. The number of hydrogen-bond acceptors (Lipinski definition) is 1. The van der Waals surface area contributed by atoms with E-state index in [4.69, 9.17) is 4.42 Å². The molecule has 0 radical (unpaired) electrons. The first-order valence-electron chi connectivity index (χ1n) is 19.0. The molecule has 0 saturated heterocycles. The number of benzene rings is 11. The maximum Gasteiger partial charge on any atom is 0.136 e. The highest BCUT2D eigenvalue weighted by atomic mass is 16.3. The van der Waals surface area contributed by atoms with E-state index in [1.165, 1.54) is 98.0 Å². The highest BCUT2D eigenvalue weighted by molar-refractivity contribution is 6.29. The quantitative estimate of drug-likeness (QED) is 0.132. The zero-order valence-corrected chi connectivity index (χ0v) is 29.9. The number of hydrogen-bond donors (Lipinski definition) is 0. The molecular weight excluding hydrogens is 665 g/mol. The van der Waals surface area contributed by atoms with Gasteiger partial charge < -0.3 is 4.42 Å². The minimum absolute atomic E-state index is 0.923. The number of furan rings is 1. The Hall–Kier alpha value is -7.22. The van der Waals surface area contributed by atoms with Gasteiger partial charge in [0.25, 0.3) is 0 Å². The van der Waals surface area contributed by atoms with Crippen molar-refractivity contribution in [3.05, 3.63) is 194 Å². The van der Waals surface area contributed by atoms with Gasteiger partial charge in [0.1, 0.15) is 11.2 Å². The molecule has 0 aliphatic carbocycles. The number of rotatable bonds is 3. The van der Waals surface area contributed by atoms with Crippen molar-refractivity contribution in [2.24, 2.45) is 0 Å². The Kier molecular flexibility index (Phi) is 6.40. The van der Waals surface area contributed by atoms with E-state index in [-0.39, 0.29) is 0 Å². The van der Waals surface area contributed by atoms with Crippen molar-refractivity contribution in [2.45, 2.75) is 0 Å². The van der Waals surface area contributed by atoms with Gasteiger partial charge in [0, 0.05) is 10.8 Å². The molecule has 0 saturated carbocycles. The van der Waals surface area contributed by atoms with Crippen LogP contribution in [-0.2, 0) is 0 Å². The maximum absolute atomic E-state index is 6.36. The van der Waals surface area contributed by atoms with Crippen LogP contribution in [0.5, 0.6) is 0 Å². The van der Waals surface area contributed by atoms with Gasteiger partial charge >= 0.3 is 0 Å². The van der Waals surface area contributed by atoms with E-state index in [0.717, 1.165) is 21.9 Å². The van der Waals surface area contributed by atoms with Crippen LogP contribution in [0, 0.1) is 0 Å². The van der Waals surface area contributed by atoms with Gasteiger partial charge in [-0.3, -0.25) is 0 Å². The van der Waals surface area contributed by atoms with Crippen molar-refractivity contribution in [3.63, 3.8) is 0 Å².